The molecule has 0 aliphatic heterocycles. The van der Waals surface area contributed by atoms with E-state index < -0.39 is 5.67 Å². The van der Waals surface area contributed by atoms with Crippen molar-refractivity contribution in [2.24, 2.45) is 5.73 Å². The van der Waals surface area contributed by atoms with Crippen LogP contribution >= 0.6 is 11.6 Å². The normalized spacial score (nSPS) is 30.7. The molecule has 1 fully saturated rings. The first-order valence-corrected chi connectivity index (χ1v) is 5.50. The SMILES string of the molecule is CC(C)n1ncc(Cl)c1C1(F)CC(N)C1. The average molecular weight is 232 g/mol. The Balaban J connectivity index is 2.38. The summed E-state index contributed by atoms with van der Waals surface area (Å²) >= 11 is 5.97. The van der Waals surface area contributed by atoms with Gasteiger partial charge in [0, 0.05) is 24.9 Å². The van der Waals surface area contributed by atoms with E-state index in [0.29, 0.717) is 23.6 Å². The van der Waals surface area contributed by atoms with Crippen LogP contribution in [0.25, 0.3) is 0 Å². The lowest BCUT2D eigenvalue weighted by Crippen LogP contribution is -2.47. The van der Waals surface area contributed by atoms with Crippen molar-refractivity contribution < 1.29 is 4.39 Å². The van der Waals surface area contributed by atoms with E-state index in [1.165, 1.54) is 6.20 Å². The summed E-state index contributed by atoms with van der Waals surface area (Å²) in [5.74, 6) is 0. The van der Waals surface area contributed by atoms with Gasteiger partial charge in [0.05, 0.1) is 16.9 Å². The maximum Gasteiger partial charge on any atom is 0.156 e. The standard InChI is InChI=1S/C10H15ClFN3/c1-6(2)15-9(8(11)5-14-15)10(12)3-7(13)4-10/h5-7H,3-4,13H2,1-2H3. The molecule has 5 heteroatoms. The topological polar surface area (TPSA) is 43.8 Å². The van der Waals surface area contributed by atoms with Crippen molar-refractivity contribution in [3.63, 3.8) is 0 Å². The van der Waals surface area contributed by atoms with Crippen molar-refractivity contribution in [3.05, 3.63) is 16.9 Å². The third-order valence-corrected chi connectivity index (χ3v) is 3.11. The molecule has 1 saturated carbocycles. The van der Waals surface area contributed by atoms with Gasteiger partial charge >= 0.3 is 0 Å². The zero-order valence-corrected chi connectivity index (χ0v) is 9.63. The second-order valence-electron chi connectivity index (χ2n) is 4.51. The largest absolute Gasteiger partial charge is 0.327 e. The number of hydrogen-bond donors (Lipinski definition) is 1. The van der Waals surface area contributed by atoms with Gasteiger partial charge in [0.25, 0.3) is 0 Å². The van der Waals surface area contributed by atoms with E-state index in [0.717, 1.165) is 0 Å². The molecule has 1 aliphatic rings. The van der Waals surface area contributed by atoms with Crippen LogP contribution in [0.2, 0.25) is 5.02 Å². The molecule has 0 radical (unpaired) electrons. The zero-order valence-electron chi connectivity index (χ0n) is 8.87. The quantitative estimate of drug-likeness (QED) is 0.850. The molecule has 0 atom stereocenters. The lowest BCUT2D eigenvalue weighted by atomic mass is 9.75. The summed E-state index contributed by atoms with van der Waals surface area (Å²) in [6.45, 7) is 3.91. The van der Waals surface area contributed by atoms with Gasteiger partial charge in [0.1, 0.15) is 0 Å². The maximum absolute atomic E-state index is 14.4. The van der Waals surface area contributed by atoms with Crippen LogP contribution in [0.15, 0.2) is 6.20 Å². The van der Waals surface area contributed by atoms with Crippen LogP contribution in [0.5, 0.6) is 0 Å². The third-order valence-electron chi connectivity index (χ3n) is 2.84. The summed E-state index contributed by atoms with van der Waals surface area (Å²) < 4.78 is 16.0. The van der Waals surface area contributed by atoms with E-state index in [-0.39, 0.29) is 12.1 Å². The molecule has 0 aromatic carbocycles. The average Bonchev–Trinajstić information content (AvgIpc) is 2.44. The second-order valence-corrected chi connectivity index (χ2v) is 4.92. The summed E-state index contributed by atoms with van der Waals surface area (Å²) in [6, 6.07) is 0.0542. The zero-order chi connectivity index (χ0) is 11.2. The number of rotatable bonds is 2. The summed E-state index contributed by atoms with van der Waals surface area (Å²) in [6.07, 6.45) is 2.18. The fourth-order valence-corrected chi connectivity index (χ4v) is 2.42. The molecule has 0 spiro atoms. The van der Waals surface area contributed by atoms with E-state index in [4.69, 9.17) is 17.3 Å². The highest BCUT2D eigenvalue weighted by Gasteiger charge is 2.48. The molecule has 1 aromatic rings. The Morgan fingerprint density at radius 2 is 2.27 bits per heavy atom. The van der Waals surface area contributed by atoms with Crippen molar-refractivity contribution in [2.75, 3.05) is 0 Å². The molecule has 2 rings (SSSR count). The van der Waals surface area contributed by atoms with Crippen molar-refractivity contribution in [3.8, 4) is 0 Å². The lowest BCUT2D eigenvalue weighted by Gasteiger charge is -2.40. The van der Waals surface area contributed by atoms with Gasteiger partial charge < -0.3 is 5.73 Å². The van der Waals surface area contributed by atoms with Gasteiger partial charge in [-0.2, -0.15) is 5.10 Å². The summed E-state index contributed by atoms with van der Waals surface area (Å²) in [5.41, 5.74) is 4.73. The van der Waals surface area contributed by atoms with Crippen molar-refractivity contribution in [2.45, 2.75) is 44.4 Å². The first-order valence-electron chi connectivity index (χ1n) is 5.12. The molecule has 0 saturated heterocycles. The first kappa shape index (κ1) is 10.9. The monoisotopic (exact) mass is 231 g/mol. The molecule has 1 aliphatic carbocycles. The summed E-state index contributed by atoms with van der Waals surface area (Å²) in [7, 11) is 0. The van der Waals surface area contributed by atoms with Crippen LogP contribution in [0.3, 0.4) is 0 Å². The summed E-state index contributed by atoms with van der Waals surface area (Å²) in [5, 5.41) is 4.49. The second kappa shape index (κ2) is 3.46. The highest BCUT2D eigenvalue weighted by Crippen LogP contribution is 2.47. The predicted octanol–water partition coefficient (Wildman–Crippen LogP) is 2.40. The van der Waals surface area contributed by atoms with E-state index in [1.807, 2.05) is 13.8 Å². The lowest BCUT2D eigenvalue weighted by molar-refractivity contribution is 0.0300. The fourth-order valence-electron chi connectivity index (χ4n) is 2.12. The molecule has 0 amide bonds. The van der Waals surface area contributed by atoms with Gasteiger partial charge in [-0.1, -0.05) is 11.6 Å². The van der Waals surface area contributed by atoms with Crippen LogP contribution in [-0.4, -0.2) is 15.8 Å². The first-order chi connectivity index (χ1) is 6.94. The van der Waals surface area contributed by atoms with Gasteiger partial charge in [0.15, 0.2) is 5.67 Å². The molecule has 2 N–H and O–H groups in total. The van der Waals surface area contributed by atoms with Crippen LogP contribution in [0, 0.1) is 0 Å². The van der Waals surface area contributed by atoms with E-state index in [2.05, 4.69) is 5.10 Å². The Labute approximate surface area is 93.4 Å². The molecule has 0 unspecified atom stereocenters. The molecule has 0 bridgehead atoms. The maximum atomic E-state index is 14.4. The third kappa shape index (κ3) is 1.66. The van der Waals surface area contributed by atoms with Gasteiger partial charge in [0.2, 0.25) is 0 Å². The van der Waals surface area contributed by atoms with Crippen LogP contribution in [0.4, 0.5) is 4.39 Å². The Morgan fingerprint density at radius 3 is 2.73 bits per heavy atom. The fraction of sp³-hybridized carbons (Fsp3) is 0.700. The number of alkyl halides is 1. The van der Waals surface area contributed by atoms with E-state index >= 15 is 0 Å². The summed E-state index contributed by atoms with van der Waals surface area (Å²) in [4.78, 5) is 0. The van der Waals surface area contributed by atoms with Gasteiger partial charge in [-0.25, -0.2) is 4.39 Å². The number of hydrogen-bond acceptors (Lipinski definition) is 2. The Bertz CT molecular complexity index is 369. The molecule has 15 heavy (non-hydrogen) atoms. The van der Waals surface area contributed by atoms with Crippen molar-refractivity contribution in [1.82, 2.24) is 9.78 Å². The number of nitrogens with two attached hydrogens (primary N) is 1. The molecule has 3 nitrogen and oxygen atoms in total. The molecular weight excluding hydrogens is 217 g/mol. The number of halogens is 2. The van der Waals surface area contributed by atoms with E-state index in [9.17, 15) is 4.39 Å². The highest BCUT2D eigenvalue weighted by molar-refractivity contribution is 6.31. The van der Waals surface area contributed by atoms with Crippen LogP contribution in [0.1, 0.15) is 38.4 Å². The van der Waals surface area contributed by atoms with Crippen LogP contribution < -0.4 is 5.73 Å². The van der Waals surface area contributed by atoms with Gasteiger partial charge in [-0.3, -0.25) is 4.68 Å². The minimum atomic E-state index is -1.38. The smallest absolute Gasteiger partial charge is 0.156 e. The Hall–Kier alpha value is -0.610. The molecule has 1 heterocycles. The number of nitrogens with zero attached hydrogens (tertiary/aromatic N) is 2. The minimum absolute atomic E-state index is 0.0541. The van der Waals surface area contributed by atoms with Crippen molar-refractivity contribution in [1.29, 1.82) is 0 Å². The highest BCUT2D eigenvalue weighted by atomic mass is 35.5. The van der Waals surface area contributed by atoms with E-state index in [1.54, 1.807) is 4.68 Å². The molecule has 1 aromatic heterocycles. The molecule has 84 valence electrons. The Kier molecular flexibility index (Phi) is 2.51. The van der Waals surface area contributed by atoms with Gasteiger partial charge in [-0.05, 0) is 13.8 Å². The van der Waals surface area contributed by atoms with Crippen LogP contribution in [-0.2, 0) is 5.67 Å². The van der Waals surface area contributed by atoms with Crippen molar-refractivity contribution >= 4 is 11.6 Å². The Morgan fingerprint density at radius 1 is 1.67 bits per heavy atom. The number of aromatic nitrogens is 2. The van der Waals surface area contributed by atoms with Gasteiger partial charge in [-0.15, -0.1) is 0 Å². The molecular formula is C10H15ClFN3. The predicted molar refractivity (Wildman–Crippen MR) is 57.6 cm³/mol. The minimum Gasteiger partial charge on any atom is -0.327 e.